The number of sulfone groups is 1. The molecule has 0 radical (unpaired) electrons. The highest BCUT2D eigenvalue weighted by atomic mass is 32.2. The van der Waals surface area contributed by atoms with Gasteiger partial charge in [0.05, 0.1) is 10.6 Å². The summed E-state index contributed by atoms with van der Waals surface area (Å²) in [5.74, 6) is -0.00519. The van der Waals surface area contributed by atoms with Gasteiger partial charge in [0.15, 0.2) is 9.84 Å². The number of nitrogens with one attached hydrogen (secondary N) is 1. The van der Waals surface area contributed by atoms with E-state index in [0.29, 0.717) is 4.90 Å². The van der Waals surface area contributed by atoms with E-state index in [-0.39, 0.29) is 5.75 Å². The van der Waals surface area contributed by atoms with Crippen molar-refractivity contribution in [2.75, 3.05) is 33.2 Å². The third-order valence-electron chi connectivity index (χ3n) is 5.32. The molecular formula is C21H25N3O2S. The summed E-state index contributed by atoms with van der Waals surface area (Å²) in [6.07, 6.45) is 0. The number of rotatable bonds is 5. The molecule has 27 heavy (non-hydrogen) atoms. The zero-order valence-electron chi connectivity index (χ0n) is 15.6. The van der Waals surface area contributed by atoms with E-state index in [9.17, 15) is 8.42 Å². The number of likely N-dealkylation sites (N-methyl/N-ethyl adjacent to an activating group) is 1. The minimum atomic E-state index is -3.39. The molecule has 0 bridgehead atoms. The Labute approximate surface area is 160 Å². The predicted octanol–water partition coefficient (Wildman–Crippen LogP) is 2.89. The zero-order chi connectivity index (χ0) is 18.9. The molecule has 0 saturated carbocycles. The Morgan fingerprint density at radius 1 is 0.926 bits per heavy atom. The first-order valence-electron chi connectivity index (χ1n) is 9.30. The maximum Gasteiger partial charge on any atom is 0.183 e. The van der Waals surface area contributed by atoms with E-state index in [1.54, 1.807) is 24.3 Å². The lowest BCUT2D eigenvalue weighted by Crippen LogP contribution is -2.44. The average Bonchev–Trinajstić information content (AvgIpc) is 3.01. The molecule has 142 valence electrons. The minimum Gasteiger partial charge on any atom is -0.357 e. The van der Waals surface area contributed by atoms with Crippen molar-refractivity contribution in [3.8, 4) is 0 Å². The van der Waals surface area contributed by atoms with Crippen LogP contribution in [0.3, 0.4) is 0 Å². The number of aromatic nitrogens is 1. The molecule has 0 unspecified atom stereocenters. The quantitative estimate of drug-likeness (QED) is 0.736. The summed E-state index contributed by atoms with van der Waals surface area (Å²) in [6, 6.07) is 16.8. The van der Waals surface area contributed by atoms with E-state index in [1.807, 2.05) is 24.3 Å². The molecule has 1 aromatic heterocycles. The van der Waals surface area contributed by atoms with Gasteiger partial charge in [0, 0.05) is 49.3 Å². The highest BCUT2D eigenvalue weighted by molar-refractivity contribution is 7.90. The number of hydrogen-bond acceptors (Lipinski definition) is 4. The lowest BCUT2D eigenvalue weighted by Gasteiger charge is -2.32. The van der Waals surface area contributed by atoms with E-state index in [1.165, 1.54) is 0 Å². The van der Waals surface area contributed by atoms with Crippen LogP contribution < -0.4 is 0 Å². The fourth-order valence-electron chi connectivity index (χ4n) is 3.69. The molecule has 5 nitrogen and oxygen atoms in total. The van der Waals surface area contributed by atoms with Gasteiger partial charge in [-0.25, -0.2) is 8.42 Å². The lowest BCUT2D eigenvalue weighted by atomic mass is 10.1. The Morgan fingerprint density at radius 3 is 2.33 bits per heavy atom. The molecular weight excluding hydrogens is 358 g/mol. The fraction of sp³-hybridized carbons (Fsp3) is 0.333. The normalized spacial score (nSPS) is 16.8. The van der Waals surface area contributed by atoms with E-state index in [4.69, 9.17) is 0 Å². The van der Waals surface area contributed by atoms with Gasteiger partial charge in [-0.2, -0.15) is 0 Å². The summed E-state index contributed by atoms with van der Waals surface area (Å²) in [4.78, 5) is 8.48. The Balaban J connectivity index is 1.68. The van der Waals surface area contributed by atoms with E-state index < -0.39 is 9.84 Å². The maximum absolute atomic E-state index is 12.9. The summed E-state index contributed by atoms with van der Waals surface area (Å²) in [7, 11) is -1.25. The van der Waals surface area contributed by atoms with Gasteiger partial charge < -0.3 is 9.88 Å². The second-order valence-electron chi connectivity index (χ2n) is 7.28. The van der Waals surface area contributed by atoms with Gasteiger partial charge in [-0.15, -0.1) is 0 Å². The molecule has 0 spiro atoms. The van der Waals surface area contributed by atoms with E-state index in [2.05, 4.69) is 27.9 Å². The van der Waals surface area contributed by atoms with Gasteiger partial charge in [0.25, 0.3) is 0 Å². The second kappa shape index (κ2) is 7.46. The molecule has 1 aliphatic heterocycles. The molecule has 0 aliphatic carbocycles. The number of aromatic amines is 1. The third kappa shape index (κ3) is 3.93. The van der Waals surface area contributed by atoms with Gasteiger partial charge in [0.1, 0.15) is 0 Å². The van der Waals surface area contributed by atoms with Gasteiger partial charge in [-0.05, 0) is 30.8 Å². The first-order chi connectivity index (χ1) is 13.0. The van der Waals surface area contributed by atoms with Crippen molar-refractivity contribution >= 4 is 20.7 Å². The van der Waals surface area contributed by atoms with Gasteiger partial charge >= 0.3 is 0 Å². The summed E-state index contributed by atoms with van der Waals surface area (Å²) >= 11 is 0. The first-order valence-corrected chi connectivity index (χ1v) is 11.0. The standard InChI is InChI=1S/C21H25N3O2S/c1-23-11-13-24(14-12-23)15-19-18-9-5-6-10-20(18)22-21(19)16-27(25,26)17-7-3-2-4-8-17/h2-10,22H,11-16H2,1H3. The Bertz CT molecular complexity index is 1020. The summed E-state index contributed by atoms with van der Waals surface area (Å²) in [5.41, 5.74) is 2.91. The van der Waals surface area contributed by atoms with Gasteiger partial charge in [-0.1, -0.05) is 36.4 Å². The van der Waals surface area contributed by atoms with Crippen LogP contribution in [0.2, 0.25) is 0 Å². The maximum atomic E-state index is 12.9. The van der Waals surface area contributed by atoms with Crippen LogP contribution in [0.4, 0.5) is 0 Å². The van der Waals surface area contributed by atoms with Crippen molar-refractivity contribution in [1.29, 1.82) is 0 Å². The summed E-state index contributed by atoms with van der Waals surface area (Å²) < 4.78 is 25.9. The SMILES string of the molecule is CN1CCN(Cc2c(CS(=O)(=O)c3ccccc3)[nH]c3ccccc23)CC1. The Kier molecular flexibility index (Phi) is 5.04. The molecule has 0 amide bonds. The summed E-state index contributed by atoms with van der Waals surface area (Å²) in [5, 5.41) is 1.12. The first kappa shape index (κ1) is 18.2. The number of nitrogens with zero attached hydrogens (tertiary/aromatic N) is 2. The van der Waals surface area contributed by atoms with Crippen LogP contribution in [0.5, 0.6) is 0 Å². The van der Waals surface area contributed by atoms with E-state index >= 15 is 0 Å². The topological polar surface area (TPSA) is 56.4 Å². The number of benzene rings is 2. The fourth-order valence-corrected chi connectivity index (χ4v) is 5.06. The molecule has 6 heteroatoms. The molecule has 2 aromatic carbocycles. The molecule has 3 aromatic rings. The van der Waals surface area contributed by atoms with Crippen LogP contribution in [0.15, 0.2) is 59.5 Å². The highest BCUT2D eigenvalue weighted by Gasteiger charge is 2.22. The molecule has 0 atom stereocenters. The largest absolute Gasteiger partial charge is 0.357 e. The highest BCUT2D eigenvalue weighted by Crippen LogP contribution is 2.27. The number of H-pyrrole nitrogens is 1. The van der Waals surface area contributed by atoms with Crippen molar-refractivity contribution in [2.45, 2.75) is 17.2 Å². The van der Waals surface area contributed by atoms with Crippen LogP contribution in [-0.4, -0.2) is 56.4 Å². The van der Waals surface area contributed by atoms with Crippen molar-refractivity contribution < 1.29 is 8.42 Å². The zero-order valence-corrected chi connectivity index (χ0v) is 16.4. The van der Waals surface area contributed by atoms with Gasteiger partial charge in [-0.3, -0.25) is 4.90 Å². The monoisotopic (exact) mass is 383 g/mol. The van der Waals surface area contributed by atoms with Crippen LogP contribution in [-0.2, 0) is 22.1 Å². The Morgan fingerprint density at radius 2 is 1.59 bits per heavy atom. The minimum absolute atomic E-state index is 0.00519. The van der Waals surface area contributed by atoms with Crippen LogP contribution >= 0.6 is 0 Å². The predicted molar refractivity (Wildman–Crippen MR) is 108 cm³/mol. The van der Waals surface area contributed by atoms with Crippen molar-refractivity contribution in [3.05, 3.63) is 65.9 Å². The van der Waals surface area contributed by atoms with Crippen LogP contribution in [0.1, 0.15) is 11.3 Å². The molecule has 1 fully saturated rings. The van der Waals surface area contributed by atoms with Crippen LogP contribution in [0.25, 0.3) is 10.9 Å². The van der Waals surface area contributed by atoms with Crippen molar-refractivity contribution in [3.63, 3.8) is 0 Å². The number of para-hydroxylation sites is 1. The van der Waals surface area contributed by atoms with Crippen molar-refractivity contribution in [2.24, 2.45) is 0 Å². The average molecular weight is 384 g/mol. The Hall–Kier alpha value is -2.15. The summed E-state index contributed by atoms with van der Waals surface area (Å²) in [6.45, 7) is 4.86. The third-order valence-corrected chi connectivity index (χ3v) is 6.98. The molecule has 4 rings (SSSR count). The van der Waals surface area contributed by atoms with E-state index in [0.717, 1.165) is 54.9 Å². The lowest BCUT2D eigenvalue weighted by molar-refractivity contribution is 0.148. The molecule has 1 N–H and O–H groups in total. The number of piperazine rings is 1. The molecule has 2 heterocycles. The second-order valence-corrected chi connectivity index (χ2v) is 9.27. The smallest absolute Gasteiger partial charge is 0.183 e. The number of hydrogen-bond donors (Lipinski definition) is 1. The van der Waals surface area contributed by atoms with Gasteiger partial charge in [0.2, 0.25) is 0 Å². The molecule has 1 aliphatic rings. The number of fused-ring (bicyclic) bond motifs is 1. The van der Waals surface area contributed by atoms with Crippen molar-refractivity contribution in [1.82, 2.24) is 14.8 Å². The molecule has 1 saturated heterocycles. The van der Waals surface area contributed by atoms with Crippen LogP contribution in [0, 0.1) is 0 Å².